The first-order chi connectivity index (χ1) is 16.5. The van der Waals surface area contributed by atoms with Gasteiger partial charge in [0.2, 0.25) is 0 Å². The summed E-state index contributed by atoms with van der Waals surface area (Å²) in [5, 5.41) is 10.7. The number of Topliss-reactive ketones (excluding diaryl/α,β-unsaturated/α-hetero) is 1. The third-order valence-corrected chi connectivity index (χ3v) is 8.26. The molecule has 0 fully saturated rings. The van der Waals surface area contributed by atoms with Crippen LogP contribution in [0.3, 0.4) is 0 Å². The predicted molar refractivity (Wildman–Crippen MR) is 138 cm³/mol. The van der Waals surface area contributed by atoms with E-state index in [1.54, 1.807) is 17.4 Å². The highest BCUT2D eigenvalue weighted by Gasteiger charge is 2.43. The average molecular weight is 486 g/mol. The number of benzene rings is 2. The Morgan fingerprint density at radius 3 is 2.50 bits per heavy atom. The number of thiophene rings is 1. The molecular formula is C28H24ClN3OS. The maximum atomic E-state index is 13.8. The number of aryl methyl sites for hydroxylation is 1. The lowest BCUT2D eigenvalue weighted by atomic mass is 9.73. The van der Waals surface area contributed by atoms with Gasteiger partial charge in [0.25, 0.3) is 0 Å². The van der Waals surface area contributed by atoms with Crippen LogP contribution < -0.4 is 10.6 Å². The maximum absolute atomic E-state index is 13.8. The summed E-state index contributed by atoms with van der Waals surface area (Å²) < 4.78 is 0. The Morgan fingerprint density at radius 2 is 1.82 bits per heavy atom. The van der Waals surface area contributed by atoms with Crippen LogP contribution in [0.2, 0.25) is 5.02 Å². The van der Waals surface area contributed by atoms with Gasteiger partial charge in [-0.3, -0.25) is 9.69 Å². The number of carbonyl (C=O) groups is 1. The molecule has 1 aromatic heterocycles. The van der Waals surface area contributed by atoms with Gasteiger partial charge >= 0.3 is 0 Å². The monoisotopic (exact) mass is 485 g/mol. The quantitative estimate of drug-likeness (QED) is 0.448. The second-order valence-corrected chi connectivity index (χ2v) is 10.2. The highest BCUT2D eigenvalue weighted by Crippen LogP contribution is 2.51. The van der Waals surface area contributed by atoms with Crippen LogP contribution in [0.15, 0.2) is 89.4 Å². The third-order valence-electron chi connectivity index (χ3n) is 6.65. The molecule has 2 aromatic carbocycles. The lowest BCUT2D eigenvalue weighted by Crippen LogP contribution is -2.40. The van der Waals surface area contributed by atoms with E-state index < -0.39 is 5.92 Å². The van der Waals surface area contributed by atoms with Crippen LogP contribution in [0.5, 0.6) is 0 Å². The fraction of sp³-hybridized carbons (Fsp3) is 0.214. The largest absolute Gasteiger partial charge is 0.384 e. The Morgan fingerprint density at radius 1 is 1.09 bits per heavy atom. The van der Waals surface area contributed by atoms with E-state index >= 15 is 0 Å². The summed E-state index contributed by atoms with van der Waals surface area (Å²) in [6.45, 7) is 2.10. The zero-order chi connectivity index (χ0) is 23.8. The van der Waals surface area contributed by atoms with E-state index in [4.69, 9.17) is 17.3 Å². The second-order valence-electron chi connectivity index (χ2n) is 8.59. The van der Waals surface area contributed by atoms with Crippen LogP contribution in [0.1, 0.15) is 46.9 Å². The summed E-state index contributed by atoms with van der Waals surface area (Å²) >= 11 is 8.25. The van der Waals surface area contributed by atoms with Crippen molar-refractivity contribution in [2.24, 2.45) is 5.73 Å². The van der Waals surface area contributed by atoms with Crippen molar-refractivity contribution in [2.75, 3.05) is 4.90 Å². The molecule has 6 heteroatoms. The van der Waals surface area contributed by atoms with Gasteiger partial charge in [0.05, 0.1) is 28.3 Å². The molecule has 1 aliphatic heterocycles. The molecule has 2 atom stereocenters. The van der Waals surface area contributed by atoms with Crippen molar-refractivity contribution >= 4 is 34.4 Å². The number of hydrogen-bond acceptors (Lipinski definition) is 5. The van der Waals surface area contributed by atoms with E-state index in [0.717, 1.165) is 22.6 Å². The van der Waals surface area contributed by atoms with Crippen molar-refractivity contribution < 1.29 is 4.79 Å². The molecule has 0 amide bonds. The van der Waals surface area contributed by atoms with Crippen LogP contribution in [0.25, 0.3) is 0 Å². The second kappa shape index (κ2) is 9.13. The summed E-state index contributed by atoms with van der Waals surface area (Å²) in [4.78, 5) is 17.9. The van der Waals surface area contributed by atoms with Gasteiger partial charge in [-0.1, -0.05) is 61.0 Å². The molecule has 170 valence electrons. The molecule has 0 spiro atoms. The van der Waals surface area contributed by atoms with Gasteiger partial charge in [0.1, 0.15) is 5.82 Å². The molecule has 2 heterocycles. The number of carbonyl (C=O) groups excluding carboxylic acids is 1. The Kier molecular flexibility index (Phi) is 6.03. The van der Waals surface area contributed by atoms with Gasteiger partial charge in [-0.25, -0.2) is 0 Å². The first-order valence-corrected chi connectivity index (χ1v) is 12.6. The predicted octanol–water partition coefficient (Wildman–Crippen LogP) is 6.66. The highest BCUT2D eigenvalue weighted by atomic mass is 35.5. The Hall–Kier alpha value is -3.33. The van der Waals surface area contributed by atoms with Crippen molar-refractivity contribution in [3.8, 4) is 6.07 Å². The topological polar surface area (TPSA) is 70.1 Å². The minimum Gasteiger partial charge on any atom is -0.384 e. The van der Waals surface area contributed by atoms with E-state index in [1.807, 2.05) is 47.4 Å². The zero-order valence-electron chi connectivity index (χ0n) is 18.8. The molecule has 4 nitrogen and oxygen atoms in total. The molecule has 2 N–H and O–H groups in total. The average Bonchev–Trinajstić information content (AvgIpc) is 3.33. The van der Waals surface area contributed by atoms with Gasteiger partial charge in [-0.05, 0) is 48.6 Å². The Balaban J connectivity index is 1.73. The molecule has 3 aromatic rings. The van der Waals surface area contributed by atoms with Crippen molar-refractivity contribution in [3.63, 3.8) is 0 Å². The van der Waals surface area contributed by atoms with E-state index in [0.29, 0.717) is 40.5 Å². The van der Waals surface area contributed by atoms with Crippen LogP contribution in [-0.4, -0.2) is 5.78 Å². The molecule has 0 saturated heterocycles. The maximum Gasteiger partial charge on any atom is 0.162 e. The lowest BCUT2D eigenvalue weighted by Gasteiger charge is -2.41. The van der Waals surface area contributed by atoms with Gasteiger partial charge in [0, 0.05) is 27.4 Å². The van der Waals surface area contributed by atoms with Crippen molar-refractivity contribution in [2.45, 2.75) is 38.0 Å². The van der Waals surface area contributed by atoms with Crippen LogP contribution >= 0.6 is 22.9 Å². The summed E-state index contributed by atoms with van der Waals surface area (Å²) in [5.74, 6) is -0.0199. The van der Waals surface area contributed by atoms with Gasteiger partial charge < -0.3 is 5.73 Å². The number of allylic oxidation sites excluding steroid dienone is 3. The number of hydrogen-bond donors (Lipinski definition) is 1. The molecule has 0 radical (unpaired) electrons. The fourth-order valence-electron chi connectivity index (χ4n) is 5.02. The molecular weight excluding hydrogens is 462 g/mol. The van der Waals surface area contributed by atoms with Crippen molar-refractivity contribution in [1.82, 2.24) is 0 Å². The van der Waals surface area contributed by atoms with E-state index in [1.165, 1.54) is 4.88 Å². The molecule has 0 bridgehead atoms. The summed E-state index contributed by atoms with van der Waals surface area (Å²) in [6, 6.07) is 24.0. The molecule has 2 aliphatic rings. The number of nitriles is 1. The normalized spacial score (nSPS) is 20.4. The molecule has 34 heavy (non-hydrogen) atoms. The molecule has 1 aliphatic carbocycles. The van der Waals surface area contributed by atoms with Gasteiger partial charge in [0.15, 0.2) is 5.78 Å². The summed E-state index contributed by atoms with van der Waals surface area (Å²) in [6.07, 6.45) is 1.94. The minimum atomic E-state index is -0.451. The first-order valence-electron chi connectivity index (χ1n) is 11.4. The van der Waals surface area contributed by atoms with Crippen molar-refractivity contribution in [3.05, 3.63) is 110 Å². The number of halogens is 1. The molecule has 0 saturated carbocycles. The van der Waals surface area contributed by atoms with Crippen molar-refractivity contribution in [1.29, 1.82) is 5.26 Å². The number of nitrogens with zero attached hydrogens (tertiary/aromatic N) is 2. The van der Waals surface area contributed by atoms with E-state index in [2.05, 4.69) is 31.2 Å². The highest BCUT2D eigenvalue weighted by molar-refractivity contribution is 7.12. The van der Waals surface area contributed by atoms with Crippen LogP contribution in [0.4, 0.5) is 5.69 Å². The van der Waals surface area contributed by atoms with Crippen LogP contribution in [-0.2, 0) is 11.2 Å². The molecule has 0 unspecified atom stereocenters. The zero-order valence-corrected chi connectivity index (χ0v) is 20.4. The van der Waals surface area contributed by atoms with Crippen LogP contribution in [0, 0.1) is 11.3 Å². The molecule has 5 rings (SSSR count). The smallest absolute Gasteiger partial charge is 0.162 e. The third kappa shape index (κ3) is 3.73. The minimum absolute atomic E-state index is 0.0315. The summed E-state index contributed by atoms with van der Waals surface area (Å²) in [7, 11) is 0. The summed E-state index contributed by atoms with van der Waals surface area (Å²) in [5.41, 5.74) is 10.4. The fourth-order valence-corrected chi connectivity index (χ4v) is 6.32. The van der Waals surface area contributed by atoms with E-state index in [9.17, 15) is 10.1 Å². The SMILES string of the molecule is CCc1ccc([C@H]2C(C#N)=C(N)N(c3ccccc3Cl)C3=C2C(=O)C[C@@H](c2ccccc2)C3)s1. The standard InChI is InChI=1S/C28H24ClN3OS/c1-2-19-12-13-25(34-19)26-20(16-30)28(31)32(22-11-7-6-10-21(22)29)23-14-18(15-24(33)27(23)26)17-8-4-3-5-9-17/h3-13,18,26H,2,14-15,31H2,1H3/t18-,26+/m0/s1. The Bertz CT molecular complexity index is 1370. The van der Waals surface area contributed by atoms with Gasteiger partial charge in [-0.15, -0.1) is 11.3 Å². The number of rotatable bonds is 4. The number of anilines is 1. The number of ketones is 1. The number of para-hydroxylation sites is 1. The van der Waals surface area contributed by atoms with E-state index in [-0.39, 0.29) is 11.7 Å². The lowest BCUT2D eigenvalue weighted by molar-refractivity contribution is -0.116. The first kappa shape index (κ1) is 22.5. The number of nitrogens with two attached hydrogens (primary N) is 1. The Labute approximate surface area is 208 Å². The van der Waals surface area contributed by atoms with Gasteiger partial charge in [-0.2, -0.15) is 5.26 Å².